The second kappa shape index (κ2) is 7.26. The highest BCUT2D eigenvalue weighted by molar-refractivity contribution is 5.90. The molecule has 2 N–H and O–H groups in total. The van der Waals surface area contributed by atoms with Crippen LogP contribution >= 0.6 is 0 Å². The van der Waals surface area contributed by atoms with E-state index in [1.165, 1.54) is 16.8 Å². The molecule has 0 atom stereocenters. The average Bonchev–Trinajstić information content (AvgIpc) is 2.49. The fourth-order valence-electron chi connectivity index (χ4n) is 1.87. The molecule has 116 valence electrons. The second-order valence-corrected chi connectivity index (χ2v) is 4.56. The number of amides is 1. The molecule has 7 nitrogen and oxygen atoms in total. The van der Waals surface area contributed by atoms with Crippen LogP contribution in [-0.2, 0) is 11.3 Å². The zero-order chi connectivity index (χ0) is 15.9. The van der Waals surface area contributed by atoms with Gasteiger partial charge in [0.15, 0.2) is 0 Å². The van der Waals surface area contributed by atoms with Crippen LogP contribution in [0.4, 0.5) is 5.69 Å². The molecule has 1 amide bonds. The fraction of sp³-hybridized carbons (Fsp3) is 0.267. The topological polar surface area (TPSA) is 93.2 Å². The normalized spacial score (nSPS) is 10.2. The number of ether oxygens (including phenoxy) is 1. The Hall–Kier alpha value is -2.83. The van der Waals surface area contributed by atoms with Gasteiger partial charge in [0.1, 0.15) is 5.75 Å². The van der Waals surface area contributed by atoms with E-state index in [0.717, 1.165) is 5.75 Å². The summed E-state index contributed by atoms with van der Waals surface area (Å²) >= 11 is 0. The summed E-state index contributed by atoms with van der Waals surface area (Å²) in [6.07, 6.45) is 1.49. The highest BCUT2D eigenvalue weighted by Crippen LogP contribution is 2.15. The Kier molecular flexibility index (Phi) is 5.13. The number of hydrogen-bond acceptors (Lipinski definition) is 4. The van der Waals surface area contributed by atoms with E-state index >= 15 is 0 Å². The Bertz CT molecular complexity index is 746. The predicted octanol–water partition coefficient (Wildman–Crippen LogP) is 0.964. The van der Waals surface area contributed by atoms with E-state index in [2.05, 4.69) is 10.3 Å². The van der Waals surface area contributed by atoms with Gasteiger partial charge in [0, 0.05) is 30.9 Å². The maximum atomic E-state index is 11.8. The molecular weight excluding hydrogens is 286 g/mol. The molecule has 2 rings (SSSR count). The highest BCUT2D eigenvalue weighted by Gasteiger charge is 2.04. The fourth-order valence-corrected chi connectivity index (χ4v) is 1.87. The van der Waals surface area contributed by atoms with E-state index in [-0.39, 0.29) is 18.9 Å². The van der Waals surface area contributed by atoms with Gasteiger partial charge in [0.25, 0.3) is 5.56 Å². The van der Waals surface area contributed by atoms with Crippen molar-refractivity contribution in [2.24, 2.45) is 0 Å². The average molecular weight is 303 g/mol. The van der Waals surface area contributed by atoms with E-state index in [1.807, 2.05) is 6.92 Å². The van der Waals surface area contributed by atoms with Crippen LogP contribution in [0.2, 0.25) is 0 Å². The number of carbonyl (C=O) groups is 1. The van der Waals surface area contributed by atoms with Gasteiger partial charge in [-0.2, -0.15) is 0 Å². The summed E-state index contributed by atoms with van der Waals surface area (Å²) < 4.78 is 6.59. The lowest BCUT2D eigenvalue weighted by molar-refractivity contribution is -0.116. The summed E-state index contributed by atoms with van der Waals surface area (Å²) in [5.74, 6) is 0.516. The second-order valence-electron chi connectivity index (χ2n) is 4.56. The summed E-state index contributed by atoms with van der Waals surface area (Å²) in [4.78, 5) is 36.4. The smallest absolute Gasteiger partial charge is 0.328 e. The lowest BCUT2D eigenvalue weighted by Crippen LogP contribution is -2.29. The predicted molar refractivity (Wildman–Crippen MR) is 82.2 cm³/mol. The Balaban J connectivity index is 1.90. The third-order valence-electron chi connectivity index (χ3n) is 2.93. The molecule has 0 aliphatic heterocycles. The van der Waals surface area contributed by atoms with Crippen LogP contribution in [0.1, 0.15) is 13.3 Å². The van der Waals surface area contributed by atoms with Crippen LogP contribution in [0.3, 0.4) is 0 Å². The summed E-state index contributed by atoms with van der Waals surface area (Å²) in [6.45, 7) is 2.67. The first-order chi connectivity index (χ1) is 10.6. The van der Waals surface area contributed by atoms with Gasteiger partial charge < -0.3 is 14.6 Å². The Morgan fingerprint density at radius 1 is 1.23 bits per heavy atom. The van der Waals surface area contributed by atoms with Gasteiger partial charge in [-0.15, -0.1) is 0 Å². The van der Waals surface area contributed by atoms with E-state index in [9.17, 15) is 14.4 Å². The first-order valence-electron chi connectivity index (χ1n) is 6.91. The number of nitrogens with one attached hydrogen (secondary N) is 2. The van der Waals surface area contributed by atoms with Crippen LogP contribution in [0.5, 0.6) is 5.75 Å². The third-order valence-corrected chi connectivity index (χ3v) is 2.93. The third kappa shape index (κ3) is 4.34. The molecule has 0 radical (unpaired) electrons. The molecule has 2 aromatic rings. The molecule has 0 saturated carbocycles. The molecule has 1 aromatic carbocycles. The first-order valence-corrected chi connectivity index (χ1v) is 6.91. The van der Waals surface area contributed by atoms with Gasteiger partial charge in [-0.25, -0.2) is 4.79 Å². The SMILES string of the molecule is CCOc1ccc(NC(=O)CCn2ccc(=O)[nH]c2=O)cc1. The number of carbonyl (C=O) groups excluding carboxylic acids is 1. The molecular formula is C15H17N3O4. The van der Waals surface area contributed by atoms with Crippen molar-refractivity contribution in [2.75, 3.05) is 11.9 Å². The largest absolute Gasteiger partial charge is 0.494 e. The van der Waals surface area contributed by atoms with Crippen LogP contribution in [0.25, 0.3) is 0 Å². The number of aromatic amines is 1. The van der Waals surface area contributed by atoms with Gasteiger partial charge in [-0.05, 0) is 31.2 Å². The number of aromatic nitrogens is 2. The molecule has 0 fully saturated rings. The quantitative estimate of drug-likeness (QED) is 0.831. The number of aryl methyl sites for hydroxylation is 1. The molecule has 22 heavy (non-hydrogen) atoms. The zero-order valence-corrected chi connectivity index (χ0v) is 12.2. The Morgan fingerprint density at radius 3 is 2.59 bits per heavy atom. The Morgan fingerprint density at radius 2 is 1.95 bits per heavy atom. The van der Waals surface area contributed by atoms with Crippen molar-refractivity contribution in [2.45, 2.75) is 19.9 Å². The van der Waals surface area contributed by atoms with Gasteiger partial charge in [0.05, 0.1) is 6.61 Å². The van der Waals surface area contributed by atoms with Crippen molar-refractivity contribution in [3.05, 3.63) is 57.4 Å². The molecule has 7 heteroatoms. The minimum atomic E-state index is -0.527. The van der Waals surface area contributed by atoms with Crippen molar-refractivity contribution < 1.29 is 9.53 Å². The number of hydrogen-bond donors (Lipinski definition) is 2. The van der Waals surface area contributed by atoms with Crippen LogP contribution in [0.15, 0.2) is 46.1 Å². The minimum absolute atomic E-state index is 0.124. The van der Waals surface area contributed by atoms with E-state index in [0.29, 0.717) is 12.3 Å². The van der Waals surface area contributed by atoms with Gasteiger partial charge in [-0.1, -0.05) is 0 Å². The number of H-pyrrole nitrogens is 1. The number of anilines is 1. The van der Waals surface area contributed by atoms with Crippen molar-refractivity contribution in [3.63, 3.8) is 0 Å². The van der Waals surface area contributed by atoms with Gasteiger partial charge in [0.2, 0.25) is 5.91 Å². The highest BCUT2D eigenvalue weighted by atomic mass is 16.5. The van der Waals surface area contributed by atoms with Crippen molar-refractivity contribution in [3.8, 4) is 5.75 Å². The number of nitrogens with zero attached hydrogens (tertiary/aromatic N) is 1. The van der Waals surface area contributed by atoms with Crippen molar-refractivity contribution in [1.29, 1.82) is 0 Å². The van der Waals surface area contributed by atoms with Gasteiger partial charge >= 0.3 is 5.69 Å². The molecule has 0 aliphatic carbocycles. The molecule has 0 saturated heterocycles. The monoisotopic (exact) mass is 303 g/mol. The standard InChI is InChI=1S/C15H17N3O4/c1-2-22-12-5-3-11(4-6-12)16-13(19)7-9-18-10-8-14(20)17-15(18)21/h3-6,8,10H,2,7,9H2,1H3,(H,16,19)(H,17,20,21). The Labute approximate surface area is 126 Å². The molecule has 1 aromatic heterocycles. The summed E-state index contributed by atoms with van der Waals surface area (Å²) in [7, 11) is 0. The number of rotatable bonds is 6. The maximum absolute atomic E-state index is 11.8. The zero-order valence-electron chi connectivity index (χ0n) is 12.2. The minimum Gasteiger partial charge on any atom is -0.494 e. The van der Waals surface area contributed by atoms with E-state index in [4.69, 9.17) is 4.74 Å². The number of benzene rings is 1. The maximum Gasteiger partial charge on any atom is 0.328 e. The van der Waals surface area contributed by atoms with E-state index in [1.54, 1.807) is 24.3 Å². The summed E-state index contributed by atoms with van der Waals surface area (Å²) in [6, 6.07) is 8.27. The molecule has 0 bridgehead atoms. The molecule has 0 aliphatic rings. The van der Waals surface area contributed by atoms with Gasteiger partial charge in [-0.3, -0.25) is 14.6 Å². The summed E-state index contributed by atoms with van der Waals surface area (Å²) in [5.41, 5.74) is -0.330. The molecule has 0 spiro atoms. The van der Waals surface area contributed by atoms with Crippen LogP contribution in [-0.4, -0.2) is 22.1 Å². The van der Waals surface area contributed by atoms with Crippen LogP contribution < -0.4 is 21.3 Å². The van der Waals surface area contributed by atoms with Crippen molar-refractivity contribution >= 4 is 11.6 Å². The molecule has 0 unspecified atom stereocenters. The lowest BCUT2D eigenvalue weighted by Gasteiger charge is -2.08. The molecule has 1 heterocycles. The summed E-state index contributed by atoms with van der Waals surface area (Å²) in [5, 5.41) is 2.73. The van der Waals surface area contributed by atoms with Crippen LogP contribution in [0, 0.1) is 0 Å². The first kappa shape index (κ1) is 15.6. The lowest BCUT2D eigenvalue weighted by atomic mass is 10.3. The van der Waals surface area contributed by atoms with Crippen molar-refractivity contribution in [1.82, 2.24) is 9.55 Å². The van der Waals surface area contributed by atoms with E-state index < -0.39 is 11.2 Å².